The van der Waals surface area contributed by atoms with Crippen molar-refractivity contribution in [1.29, 1.82) is 5.26 Å². The fourth-order valence-corrected chi connectivity index (χ4v) is 3.47. The minimum atomic E-state index is -0.219. The zero-order valence-electron chi connectivity index (χ0n) is 14.1. The third-order valence-corrected chi connectivity index (χ3v) is 5.12. The number of amides is 1. The lowest BCUT2D eigenvalue weighted by molar-refractivity contribution is 0.0407. The quantitative estimate of drug-likeness (QED) is 0.891. The molecule has 7 heteroatoms. The normalized spacial score (nSPS) is 15.1. The van der Waals surface area contributed by atoms with E-state index in [-0.39, 0.29) is 5.91 Å². The summed E-state index contributed by atoms with van der Waals surface area (Å²) < 4.78 is 5.41. The summed E-state index contributed by atoms with van der Waals surface area (Å²) in [4.78, 5) is 19.1. The largest absolute Gasteiger partial charge is 0.381 e. The van der Waals surface area contributed by atoms with E-state index >= 15 is 0 Å². The van der Waals surface area contributed by atoms with Crippen LogP contribution in [0.25, 0.3) is 0 Å². The molecule has 0 atom stereocenters. The number of thiazole rings is 1. The number of anilines is 1. The number of ether oxygens (including phenoxy) is 1. The average molecular weight is 356 g/mol. The molecule has 1 N–H and O–H groups in total. The number of nitrogens with zero attached hydrogens (tertiary/aromatic N) is 3. The van der Waals surface area contributed by atoms with Gasteiger partial charge in [0.05, 0.1) is 6.20 Å². The van der Waals surface area contributed by atoms with Crippen molar-refractivity contribution in [2.75, 3.05) is 25.6 Å². The van der Waals surface area contributed by atoms with E-state index in [9.17, 15) is 4.79 Å². The fourth-order valence-electron chi connectivity index (χ4n) is 2.86. The first kappa shape index (κ1) is 17.5. The molecule has 2 aromatic rings. The first-order valence-electron chi connectivity index (χ1n) is 8.20. The monoisotopic (exact) mass is 356 g/mol. The molecule has 130 valence electrons. The molecule has 1 aliphatic heterocycles. The van der Waals surface area contributed by atoms with Gasteiger partial charge in [-0.1, -0.05) is 23.5 Å². The molecule has 1 fully saturated rings. The summed E-state index contributed by atoms with van der Waals surface area (Å²) >= 11 is 1.16. The summed E-state index contributed by atoms with van der Waals surface area (Å²) in [5, 5.41) is 11.9. The van der Waals surface area contributed by atoms with Crippen molar-refractivity contribution in [2.24, 2.45) is 0 Å². The van der Waals surface area contributed by atoms with Gasteiger partial charge in [0.2, 0.25) is 0 Å². The number of hydrogen-bond acceptors (Lipinski definition) is 6. The van der Waals surface area contributed by atoms with Crippen molar-refractivity contribution < 1.29 is 9.53 Å². The molecule has 1 aliphatic rings. The van der Waals surface area contributed by atoms with E-state index in [1.165, 1.54) is 11.8 Å². The van der Waals surface area contributed by atoms with E-state index < -0.39 is 0 Å². The summed E-state index contributed by atoms with van der Waals surface area (Å²) in [6.45, 7) is 2.52. The van der Waals surface area contributed by atoms with Gasteiger partial charge in [-0.15, -0.1) is 0 Å². The summed E-state index contributed by atoms with van der Waals surface area (Å²) in [6, 6.07) is 10.2. The zero-order valence-corrected chi connectivity index (χ0v) is 14.9. The molecule has 1 aromatic carbocycles. The predicted octanol–water partition coefficient (Wildman–Crippen LogP) is 2.88. The number of nitriles is 1. The van der Waals surface area contributed by atoms with Crippen LogP contribution in [-0.2, 0) is 11.3 Å². The van der Waals surface area contributed by atoms with Crippen molar-refractivity contribution in [2.45, 2.75) is 25.4 Å². The Labute approximate surface area is 151 Å². The Bertz CT molecular complexity index is 760. The van der Waals surface area contributed by atoms with Crippen LogP contribution in [0.15, 0.2) is 30.5 Å². The van der Waals surface area contributed by atoms with E-state index in [2.05, 4.69) is 22.2 Å². The molecule has 1 amide bonds. The molecule has 0 aliphatic carbocycles. The van der Waals surface area contributed by atoms with Crippen LogP contribution in [0.2, 0.25) is 0 Å². The van der Waals surface area contributed by atoms with E-state index in [0.717, 1.165) is 43.9 Å². The summed E-state index contributed by atoms with van der Waals surface area (Å²) in [6.07, 6.45) is 3.58. The van der Waals surface area contributed by atoms with Gasteiger partial charge in [0.1, 0.15) is 10.9 Å². The van der Waals surface area contributed by atoms with Gasteiger partial charge in [0.15, 0.2) is 5.13 Å². The number of carbonyl (C=O) groups is 1. The molecule has 1 saturated heterocycles. The van der Waals surface area contributed by atoms with Crippen LogP contribution in [0.1, 0.15) is 33.6 Å². The van der Waals surface area contributed by atoms with Gasteiger partial charge >= 0.3 is 0 Å². The second kappa shape index (κ2) is 8.21. The first-order chi connectivity index (χ1) is 12.2. The lowest BCUT2D eigenvalue weighted by Gasteiger charge is -2.31. The Kier molecular flexibility index (Phi) is 5.76. The molecule has 0 spiro atoms. The maximum atomic E-state index is 12.2. The highest BCUT2D eigenvalue weighted by Crippen LogP contribution is 2.19. The van der Waals surface area contributed by atoms with Crippen LogP contribution in [0.3, 0.4) is 0 Å². The van der Waals surface area contributed by atoms with Gasteiger partial charge in [-0.3, -0.25) is 15.0 Å². The highest BCUT2D eigenvalue weighted by Gasteiger charge is 2.18. The molecule has 0 radical (unpaired) electrons. The van der Waals surface area contributed by atoms with E-state index in [1.807, 2.05) is 30.3 Å². The van der Waals surface area contributed by atoms with Gasteiger partial charge in [-0.2, -0.15) is 5.26 Å². The van der Waals surface area contributed by atoms with Crippen molar-refractivity contribution >= 4 is 22.4 Å². The Morgan fingerprint density at radius 2 is 2.12 bits per heavy atom. The standard InChI is InChI=1S/C18H20N4O2S/c1-22(15-6-8-24-9-7-15)12-13-2-4-14(5-3-13)17(23)21-18-20-11-16(10-19)25-18/h2-5,11,15H,6-9,12H2,1H3,(H,20,21,23). The molecule has 1 aromatic heterocycles. The molecule has 0 saturated carbocycles. The second-order valence-electron chi connectivity index (χ2n) is 6.05. The zero-order chi connectivity index (χ0) is 17.6. The van der Waals surface area contributed by atoms with Crippen molar-refractivity contribution in [3.8, 4) is 6.07 Å². The number of benzene rings is 1. The Balaban J connectivity index is 1.57. The summed E-state index contributed by atoms with van der Waals surface area (Å²) in [5.41, 5.74) is 1.75. The highest BCUT2D eigenvalue weighted by molar-refractivity contribution is 7.16. The van der Waals surface area contributed by atoms with Gasteiger partial charge < -0.3 is 4.74 Å². The second-order valence-corrected chi connectivity index (χ2v) is 7.08. The van der Waals surface area contributed by atoms with Crippen LogP contribution in [0.5, 0.6) is 0 Å². The van der Waals surface area contributed by atoms with Crippen molar-refractivity contribution in [3.63, 3.8) is 0 Å². The van der Waals surface area contributed by atoms with Gasteiger partial charge in [0, 0.05) is 31.4 Å². The topological polar surface area (TPSA) is 78.3 Å². The Morgan fingerprint density at radius 3 is 2.76 bits per heavy atom. The lowest BCUT2D eigenvalue weighted by atomic mass is 10.1. The van der Waals surface area contributed by atoms with Crippen LogP contribution in [0, 0.1) is 11.3 Å². The maximum Gasteiger partial charge on any atom is 0.257 e. The Hall–Kier alpha value is -2.27. The van der Waals surface area contributed by atoms with Crippen LogP contribution < -0.4 is 5.32 Å². The third kappa shape index (κ3) is 4.63. The minimum absolute atomic E-state index is 0.219. The number of aromatic nitrogens is 1. The molecule has 0 bridgehead atoms. The molecule has 6 nitrogen and oxygen atoms in total. The average Bonchev–Trinajstić information content (AvgIpc) is 3.10. The van der Waals surface area contributed by atoms with Gasteiger partial charge in [0.25, 0.3) is 5.91 Å². The number of carbonyl (C=O) groups excluding carboxylic acids is 1. The Morgan fingerprint density at radius 1 is 1.40 bits per heavy atom. The minimum Gasteiger partial charge on any atom is -0.381 e. The van der Waals surface area contributed by atoms with E-state index in [4.69, 9.17) is 10.00 Å². The van der Waals surface area contributed by atoms with Gasteiger partial charge in [-0.05, 0) is 37.6 Å². The number of rotatable bonds is 5. The van der Waals surface area contributed by atoms with Gasteiger partial charge in [-0.25, -0.2) is 4.98 Å². The maximum absolute atomic E-state index is 12.2. The summed E-state index contributed by atoms with van der Waals surface area (Å²) in [7, 11) is 2.13. The molecule has 25 heavy (non-hydrogen) atoms. The molecule has 0 unspecified atom stereocenters. The highest BCUT2D eigenvalue weighted by atomic mass is 32.1. The molecular formula is C18H20N4O2S. The van der Waals surface area contributed by atoms with E-state index in [0.29, 0.717) is 21.6 Å². The molecule has 3 rings (SSSR count). The molecule has 2 heterocycles. The number of hydrogen-bond donors (Lipinski definition) is 1. The third-order valence-electron chi connectivity index (χ3n) is 4.30. The smallest absolute Gasteiger partial charge is 0.257 e. The first-order valence-corrected chi connectivity index (χ1v) is 9.01. The van der Waals surface area contributed by atoms with E-state index in [1.54, 1.807) is 0 Å². The fraction of sp³-hybridized carbons (Fsp3) is 0.389. The van der Waals surface area contributed by atoms with Crippen LogP contribution in [-0.4, -0.2) is 42.1 Å². The van der Waals surface area contributed by atoms with Crippen molar-refractivity contribution in [1.82, 2.24) is 9.88 Å². The molecular weight excluding hydrogens is 336 g/mol. The van der Waals surface area contributed by atoms with Crippen molar-refractivity contribution in [3.05, 3.63) is 46.5 Å². The lowest BCUT2D eigenvalue weighted by Crippen LogP contribution is -2.36. The summed E-state index contributed by atoms with van der Waals surface area (Å²) in [5.74, 6) is -0.219. The SMILES string of the molecule is CN(Cc1ccc(C(=O)Nc2ncc(C#N)s2)cc1)C1CCOCC1. The number of nitrogens with one attached hydrogen (secondary N) is 1. The predicted molar refractivity (Wildman–Crippen MR) is 96.5 cm³/mol. The van der Waals surface area contributed by atoms with Crippen LogP contribution in [0.4, 0.5) is 5.13 Å². The van der Waals surface area contributed by atoms with Crippen LogP contribution >= 0.6 is 11.3 Å².